The van der Waals surface area contributed by atoms with Gasteiger partial charge in [-0.3, -0.25) is 4.57 Å². The van der Waals surface area contributed by atoms with E-state index in [-0.39, 0.29) is 0 Å². The third kappa shape index (κ3) is 4.53. The van der Waals surface area contributed by atoms with Crippen LogP contribution in [-0.4, -0.2) is 33.4 Å². The van der Waals surface area contributed by atoms with E-state index in [1.807, 2.05) is 14.0 Å². The fourth-order valence-electron chi connectivity index (χ4n) is 0.657. The number of hydrogen-bond acceptors (Lipinski definition) is 3. The van der Waals surface area contributed by atoms with E-state index < -0.39 is 7.52 Å². The first-order valence-electron chi connectivity index (χ1n) is 3.73. The molecule has 4 nitrogen and oxygen atoms in total. The third-order valence-corrected chi connectivity index (χ3v) is 3.57. The Morgan fingerprint density at radius 1 is 1.45 bits per heavy atom. The summed E-state index contributed by atoms with van der Waals surface area (Å²) in [5.74, 6) is 0. The van der Waals surface area contributed by atoms with Crippen molar-refractivity contribution in [3.05, 3.63) is 0 Å². The Kier molecular flexibility index (Phi) is 5.78. The molecular weight excluding hydrogens is 163 g/mol. The van der Waals surface area contributed by atoms with Crippen molar-refractivity contribution < 1.29 is 9.09 Å². The minimum Gasteiger partial charge on any atom is -0.321 e. The van der Waals surface area contributed by atoms with Gasteiger partial charge in [0.05, 0.1) is 0 Å². The molecule has 1 unspecified atom stereocenters. The first-order chi connectivity index (χ1) is 5.18. The highest BCUT2D eigenvalue weighted by Gasteiger charge is 2.16. The van der Waals surface area contributed by atoms with E-state index in [0.717, 1.165) is 6.54 Å². The van der Waals surface area contributed by atoms with Crippen LogP contribution in [0.25, 0.3) is 0 Å². The summed E-state index contributed by atoms with van der Waals surface area (Å²) < 4.78 is 16.3. The average Bonchev–Trinajstić information content (AvgIpc) is 2.05. The van der Waals surface area contributed by atoms with Gasteiger partial charge in [-0.1, -0.05) is 6.92 Å². The van der Waals surface area contributed by atoms with E-state index in [9.17, 15) is 4.57 Å². The summed E-state index contributed by atoms with van der Waals surface area (Å²) in [6, 6.07) is 0. The van der Waals surface area contributed by atoms with Crippen molar-refractivity contribution >= 4 is 7.52 Å². The molecule has 0 fully saturated rings. The van der Waals surface area contributed by atoms with Crippen LogP contribution >= 0.6 is 7.52 Å². The molecule has 0 spiro atoms. The molecule has 0 heterocycles. The zero-order chi connectivity index (χ0) is 8.74. The molecule has 0 aliphatic carbocycles. The molecule has 0 aromatic heterocycles. The maximum atomic E-state index is 11.5. The Labute approximate surface area is 68.2 Å². The minimum atomic E-state index is -2.50. The second-order valence-electron chi connectivity index (χ2n) is 2.18. The van der Waals surface area contributed by atoms with Crippen molar-refractivity contribution in [2.45, 2.75) is 6.92 Å². The first kappa shape index (κ1) is 11.1. The molecule has 1 atom stereocenters. The maximum absolute atomic E-state index is 11.5. The van der Waals surface area contributed by atoms with Crippen LogP contribution in [-0.2, 0) is 9.09 Å². The monoisotopic (exact) mass is 180 g/mol. The van der Waals surface area contributed by atoms with E-state index in [1.165, 1.54) is 7.11 Å². The van der Waals surface area contributed by atoms with Crippen molar-refractivity contribution in [2.75, 3.05) is 33.4 Å². The van der Waals surface area contributed by atoms with Gasteiger partial charge in [0.1, 0.15) is 0 Å². The van der Waals surface area contributed by atoms with Gasteiger partial charge >= 0.3 is 0 Å². The van der Waals surface area contributed by atoms with Crippen molar-refractivity contribution in [2.24, 2.45) is 0 Å². The zero-order valence-electron chi connectivity index (χ0n) is 7.39. The van der Waals surface area contributed by atoms with E-state index in [4.69, 9.17) is 4.52 Å². The van der Waals surface area contributed by atoms with Crippen LogP contribution in [0.4, 0.5) is 0 Å². The molecule has 0 aromatic carbocycles. The normalized spacial score (nSPS) is 16.3. The average molecular weight is 180 g/mol. The Hall–Kier alpha value is 0.110. The topological polar surface area (TPSA) is 50.4 Å². The van der Waals surface area contributed by atoms with Crippen molar-refractivity contribution in [1.29, 1.82) is 0 Å². The lowest BCUT2D eigenvalue weighted by Gasteiger charge is -2.14. The van der Waals surface area contributed by atoms with Crippen LogP contribution in [0.1, 0.15) is 6.92 Å². The van der Waals surface area contributed by atoms with Gasteiger partial charge < -0.3 is 9.84 Å². The Morgan fingerprint density at radius 3 is 2.45 bits per heavy atom. The molecule has 0 bridgehead atoms. The lowest BCUT2D eigenvalue weighted by Crippen LogP contribution is -2.23. The summed E-state index contributed by atoms with van der Waals surface area (Å²) >= 11 is 0. The largest absolute Gasteiger partial charge is 0.321 e. The number of rotatable bonds is 6. The molecule has 0 radical (unpaired) electrons. The molecule has 5 heteroatoms. The summed E-state index contributed by atoms with van der Waals surface area (Å²) in [4.78, 5) is 0. The summed E-state index contributed by atoms with van der Waals surface area (Å²) in [5.41, 5.74) is 0. The number of nitrogens with one attached hydrogen (secondary N) is 2. The van der Waals surface area contributed by atoms with Gasteiger partial charge in [0.15, 0.2) is 0 Å². The molecule has 2 N–H and O–H groups in total. The Morgan fingerprint density at radius 2 is 2.09 bits per heavy atom. The van der Waals surface area contributed by atoms with Gasteiger partial charge in [-0.25, -0.2) is 5.09 Å². The van der Waals surface area contributed by atoms with Crippen molar-refractivity contribution in [3.63, 3.8) is 0 Å². The third-order valence-electron chi connectivity index (χ3n) is 1.44. The van der Waals surface area contributed by atoms with Crippen LogP contribution in [0.5, 0.6) is 0 Å². The van der Waals surface area contributed by atoms with Crippen LogP contribution < -0.4 is 10.4 Å². The van der Waals surface area contributed by atoms with Crippen LogP contribution in [0.3, 0.4) is 0 Å². The lowest BCUT2D eigenvalue weighted by atomic mass is 10.7. The smallest absolute Gasteiger partial charge is 0.269 e. The molecule has 68 valence electrons. The van der Waals surface area contributed by atoms with Crippen LogP contribution in [0.15, 0.2) is 0 Å². The molecule has 0 saturated heterocycles. The fraction of sp³-hybridized carbons (Fsp3) is 1.00. The van der Waals surface area contributed by atoms with Crippen LogP contribution in [0.2, 0.25) is 0 Å². The molecule has 0 aliphatic rings. The van der Waals surface area contributed by atoms with Crippen LogP contribution in [0, 0.1) is 0 Å². The molecule has 0 aromatic rings. The molecule has 11 heavy (non-hydrogen) atoms. The van der Waals surface area contributed by atoms with Gasteiger partial charge in [0, 0.05) is 26.4 Å². The first-order valence-corrected chi connectivity index (χ1v) is 5.54. The second-order valence-corrected chi connectivity index (χ2v) is 4.84. The summed E-state index contributed by atoms with van der Waals surface area (Å²) in [6.45, 7) is 3.32. The van der Waals surface area contributed by atoms with Crippen molar-refractivity contribution in [1.82, 2.24) is 10.4 Å². The standard InChI is InChI=1S/C6H17N2O2P/c1-4-11(9,10-3)8-6-5-7-2/h7H,4-6H2,1-3H3,(H,8,9). The summed E-state index contributed by atoms with van der Waals surface area (Å²) in [5, 5.41) is 5.82. The van der Waals surface area contributed by atoms with Gasteiger partial charge in [-0.15, -0.1) is 0 Å². The van der Waals surface area contributed by atoms with Crippen molar-refractivity contribution in [3.8, 4) is 0 Å². The summed E-state index contributed by atoms with van der Waals surface area (Å²) in [7, 11) is 0.821. The van der Waals surface area contributed by atoms with Gasteiger partial charge in [-0.2, -0.15) is 0 Å². The molecular formula is C6H17N2O2P. The highest BCUT2D eigenvalue weighted by molar-refractivity contribution is 7.56. The lowest BCUT2D eigenvalue weighted by molar-refractivity contribution is 0.383. The van der Waals surface area contributed by atoms with Gasteiger partial charge in [0.25, 0.3) is 7.52 Å². The molecule has 0 rings (SSSR count). The Bertz CT molecular complexity index is 133. The van der Waals surface area contributed by atoms with E-state index >= 15 is 0 Å². The molecule has 0 saturated carbocycles. The highest BCUT2D eigenvalue weighted by Crippen LogP contribution is 2.39. The zero-order valence-corrected chi connectivity index (χ0v) is 8.28. The Balaban J connectivity index is 3.61. The molecule has 0 amide bonds. The predicted molar refractivity (Wildman–Crippen MR) is 47.1 cm³/mol. The number of hydrogen-bond donors (Lipinski definition) is 2. The van der Waals surface area contributed by atoms with Gasteiger partial charge in [0.2, 0.25) is 0 Å². The quantitative estimate of drug-likeness (QED) is 0.465. The fourth-order valence-corrected chi connectivity index (χ4v) is 1.72. The van der Waals surface area contributed by atoms with E-state index in [0.29, 0.717) is 12.7 Å². The predicted octanol–water partition coefficient (Wildman–Crippen LogP) is 0.655. The minimum absolute atomic E-state index is 0.535. The SMILES string of the molecule is CCP(=O)(NCCNC)OC. The number of likely N-dealkylation sites (N-methyl/N-ethyl adjacent to an activating group) is 1. The van der Waals surface area contributed by atoms with Gasteiger partial charge in [-0.05, 0) is 7.05 Å². The molecule has 0 aliphatic heterocycles. The van der Waals surface area contributed by atoms with E-state index in [2.05, 4.69) is 10.4 Å². The highest BCUT2D eigenvalue weighted by atomic mass is 31.2. The maximum Gasteiger partial charge on any atom is 0.269 e. The second kappa shape index (κ2) is 5.72. The summed E-state index contributed by atoms with van der Waals surface area (Å²) in [6.07, 6.45) is 0.535. The van der Waals surface area contributed by atoms with E-state index in [1.54, 1.807) is 0 Å².